The van der Waals surface area contributed by atoms with Gasteiger partial charge in [-0.1, -0.05) is 104 Å². The summed E-state index contributed by atoms with van der Waals surface area (Å²) in [5.41, 5.74) is 18.7. The number of aryl methyl sites for hydroxylation is 1. The average Bonchev–Trinajstić information content (AvgIpc) is 3.55. The lowest BCUT2D eigenvalue weighted by molar-refractivity contribution is 0.195. The Hall–Kier alpha value is -4.44. The minimum Gasteiger partial charge on any atom is -0.456 e. The molecular weight excluding hydrogens is 619 g/mol. The zero-order valence-electron chi connectivity index (χ0n) is 31.8. The van der Waals surface area contributed by atoms with E-state index in [1.54, 1.807) is 5.56 Å². The molecule has 5 aromatic carbocycles. The van der Waals surface area contributed by atoms with Crippen LogP contribution in [0.5, 0.6) is 0 Å². The first kappa shape index (κ1) is 31.3. The maximum absolute atomic E-state index is 6.34. The molecular formula is C47H49BN2O. The molecule has 4 aliphatic rings. The van der Waals surface area contributed by atoms with Gasteiger partial charge in [0.25, 0.3) is 6.71 Å². The highest BCUT2D eigenvalue weighted by molar-refractivity contribution is 7.00. The Kier molecular flexibility index (Phi) is 6.08. The Bertz CT molecular complexity index is 2480. The second-order valence-electron chi connectivity index (χ2n) is 18.6. The van der Waals surface area contributed by atoms with E-state index in [2.05, 4.69) is 157 Å². The van der Waals surface area contributed by atoms with E-state index in [4.69, 9.17) is 4.42 Å². The molecule has 0 N–H and O–H groups in total. The van der Waals surface area contributed by atoms with Crippen LogP contribution in [-0.2, 0) is 16.2 Å². The van der Waals surface area contributed by atoms with E-state index >= 15 is 0 Å². The van der Waals surface area contributed by atoms with Crippen LogP contribution in [0, 0.1) is 6.92 Å². The molecule has 4 heteroatoms. The molecule has 6 aromatic rings. The van der Waals surface area contributed by atoms with Gasteiger partial charge in [-0.25, -0.2) is 0 Å². The molecule has 0 saturated heterocycles. The summed E-state index contributed by atoms with van der Waals surface area (Å²) in [6, 6.07) is 32.9. The van der Waals surface area contributed by atoms with Crippen molar-refractivity contribution in [3.05, 3.63) is 107 Å². The fourth-order valence-corrected chi connectivity index (χ4v) is 10.5. The smallest absolute Gasteiger partial charge is 0.252 e. The molecule has 4 heterocycles. The molecule has 2 atom stereocenters. The van der Waals surface area contributed by atoms with Crippen LogP contribution in [0.25, 0.3) is 21.9 Å². The molecule has 3 aliphatic heterocycles. The largest absolute Gasteiger partial charge is 0.456 e. The summed E-state index contributed by atoms with van der Waals surface area (Å²) in [4.78, 5) is 5.44. The van der Waals surface area contributed by atoms with Gasteiger partial charge in [-0.3, -0.25) is 0 Å². The second kappa shape index (κ2) is 9.91. The van der Waals surface area contributed by atoms with E-state index in [-0.39, 0.29) is 28.5 Å². The van der Waals surface area contributed by atoms with Gasteiger partial charge in [0.2, 0.25) is 0 Å². The van der Waals surface area contributed by atoms with Crippen molar-refractivity contribution in [2.75, 3.05) is 9.80 Å². The molecule has 0 radical (unpaired) electrons. The summed E-state index contributed by atoms with van der Waals surface area (Å²) in [5.74, 6) is 0. The third kappa shape index (κ3) is 4.03. The van der Waals surface area contributed by atoms with Gasteiger partial charge in [-0.05, 0) is 119 Å². The summed E-state index contributed by atoms with van der Waals surface area (Å²) in [5, 5.41) is 2.33. The van der Waals surface area contributed by atoms with Crippen LogP contribution in [0.2, 0.25) is 0 Å². The summed E-state index contributed by atoms with van der Waals surface area (Å²) in [6.07, 6.45) is 5.00. The van der Waals surface area contributed by atoms with Gasteiger partial charge < -0.3 is 14.2 Å². The number of fused-ring (bicyclic) bond motifs is 10. The minimum absolute atomic E-state index is 0.00118. The van der Waals surface area contributed by atoms with Crippen molar-refractivity contribution < 1.29 is 4.42 Å². The van der Waals surface area contributed by atoms with E-state index in [1.807, 2.05) is 0 Å². The Balaban J connectivity index is 1.33. The highest BCUT2D eigenvalue weighted by Gasteiger charge is 2.61. The lowest BCUT2D eigenvalue weighted by atomic mass is 9.33. The molecule has 10 rings (SSSR count). The van der Waals surface area contributed by atoms with E-state index < -0.39 is 0 Å². The molecule has 1 aliphatic carbocycles. The lowest BCUT2D eigenvalue weighted by Crippen LogP contribution is -2.64. The Morgan fingerprint density at radius 3 is 2.18 bits per heavy atom. The number of hydrogen-bond donors (Lipinski definition) is 0. The molecule has 0 spiro atoms. The highest BCUT2D eigenvalue weighted by atomic mass is 16.3. The van der Waals surface area contributed by atoms with Crippen molar-refractivity contribution in [1.82, 2.24) is 0 Å². The Morgan fingerprint density at radius 1 is 0.667 bits per heavy atom. The van der Waals surface area contributed by atoms with Crippen LogP contribution in [0.3, 0.4) is 0 Å². The molecule has 256 valence electrons. The topological polar surface area (TPSA) is 19.6 Å². The van der Waals surface area contributed by atoms with Crippen molar-refractivity contribution >= 4 is 73.5 Å². The third-order valence-corrected chi connectivity index (χ3v) is 13.5. The maximum atomic E-state index is 6.34. The van der Waals surface area contributed by atoms with Crippen LogP contribution in [-0.4, -0.2) is 12.3 Å². The second-order valence-corrected chi connectivity index (χ2v) is 18.6. The Morgan fingerprint density at radius 2 is 1.39 bits per heavy atom. The fraction of sp³-hybridized carbons (Fsp3) is 0.362. The van der Waals surface area contributed by atoms with Gasteiger partial charge in [0.05, 0.1) is 5.54 Å². The summed E-state index contributed by atoms with van der Waals surface area (Å²) in [6.45, 7) is 21.8. The van der Waals surface area contributed by atoms with Gasteiger partial charge in [0.1, 0.15) is 11.2 Å². The van der Waals surface area contributed by atoms with E-state index in [0.717, 1.165) is 21.9 Å². The first-order chi connectivity index (χ1) is 24.2. The van der Waals surface area contributed by atoms with Gasteiger partial charge in [0, 0.05) is 44.6 Å². The van der Waals surface area contributed by atoms with Crippen LogP contribution < -0.4 is 26.2 Å². The maximum Gasteiger partial charge on any atom is 0.252 e. The number of rotatable bonds is 1. The molecule has 51 heavy (non-hydrogen) atoms. The first-order valence-electron chi connectivity index (χ1n) is 19.2. The monoisotopic (exact) mass is 668 g/mol. The van der Waals surface area contributed by atoms with Gasteiger partial charge in [0.15, 0.2) is 0 Å². The number of benzene rings is 5. The van der Waals surface area contributed by atoms with Crippen molar-refractivity contribution in [2.45, 2.75) is 110 Å². The molecule has 0 bridgehead atoms. The zero-order valence-corrected chi connectivity index (χ0v) is 31.8. The number of nitrogens with zero attached hydrogens (tertiary/aromatic N) is 2. The normalized spacial score (nSPS) is 21.9. The molecule has 2 unspecified atom stereocenters. The first-order valence-corrected chi connectivity index (χ1v) is 19.2. The van der Waals surface area contributed by atoms with E-state index in [1.165, 1.54) is 87.2 Å². The predicted octanol–water partition coefficient (Wildman–Crippen LogP) is 10.8. The summed E-state index contributed by atoms with van der Waals surface area (Å²) < 4.78 is 6.34. The number of para-hydroxylation sites is 1. The molecule has 1 saturated carbocycles. The zero-order chi connectivity index (χ0) is 35.4. The van der Waals surface area contributed by atoms with Crippen LogP contribution in [0.1, 0.15) is 103 Å². The van der Waals surface area contributed by atoms with Gasteiger partial charge in [-0.15, -0.1) is 0 Å². The van der Waals surface area contributed by atoms with E-state index in [9.17, 15) is 0 Å². The van der Waals surface area contributed by atoms with E-state index in [0.29, 0.717) is 0 Å². The van der Waals surface area contributed by atoms with Crippen molar-refractivity contribution in [2.24, 2.45) is 0 Å². The van der Waals surface area contributed by atoms with Crippen molar-refractivity contribution in [3.8, 4) is 0 Å². The van der Waals surface area contributed by atoms with Crippen molar-refractivity contribution in [1.29, 1.82) is 0 Å². The summed E-state index contributed by atoms with van der Waals surface area (Å²) >= 11 is 0. The SMILES string of the molecule is Cc1cc2c3c(c1)N1c4c(cc(C(C)(C)C)cc4C4(C)CCCCC14C)B3c1ccc(C(C)(C)C)cc1N2c1ccc2oc3ccccc3c2c1. The minimum atomic E-state index is 0.00118. The average molecular weight is 669 g/mol. The molecule has 1 aromatic heterocycles. The van der Waals surface area contributed by atoms with Gasteiger partial charge >= 0.3 is 0 Å². The standard InChI is InChI=1S/C47H49BN2O/c1-28-22-38-42-39(23-28)50-43-34(46(8)20-12-13-21-47(46,50)9)24-30(45(5,6)7)25-36(43)48(42)35-18-16-29(44(2,3)4)26-37(35)49(38)31-17-19-41-33(27-31)32-14-10-11-15-40(32)51-41/h10-11,14-19,22-27H,12-13,20-21H2,1-9H3. The van der Waals surface area contributed by atoms with Crippen LogP contribution >= 0.6 is 0 Å². The fourth-order valence-electron chi connectivity index (χ4n) is 10.5. The van der Waals surface area contributed by atoms with Crippen LogP contribution in [0.4, 0.5) is 28.4 Å². The highest BCUT2D eigenvalue weighted by Crippen LogP contribution is 2.62. The van der Waals surface area contributed by atoms with Crippen molar-refractivity contribution in [3.63, 3.8) is 0 Å². The molecule has 0 amide bonds. The van der Waals surface area contributed by atoms with Crippen LogP contribution in [0.15, 0.2) is 89.3 Å². The Labute approximate surface area is 303 Å². The summed E-state index contributed by atoms with van der Waals surface area (Å²) in [7, 11) is 0. The number of hydrogen-bond acceptors (Lipinski definition) is 3. The predicted molar refractivity (Wildman–Crippen MR) is 218 cm³/mol. The molecule has 1 fully saturated rings. The molecule has 3 nitrogen and oxygen atoms in total. The number of furan rings is 1. The van der Waals surface area contributed by atoms with Gasteiger partial charge in [-0.2, -0.15) is 0 Å². The third-order valence-electron chi connectivity index (χ3n) is 13.5. The quantitative estimate of drug-likeness (QED) is 0.162. The lowest BCUT2D eigenvalue weighted by Gasteiger charge is -2.53. The number of anilines is 5.